The number of ketones is 1. The third kappa shape index (κ3) is 2.45. The van der Waals surface area contributed by atoms with Crippen LogP contribution >= 0.6 is 0 Å². The summed E-state index contributed by atoms with van der Waals surface area (Å²) in [4.78, 5) is 29.5. The van der Waals surface area contributed by atoms with Crippen molar-refractivity contribution >= 4 is 22.6 Å². The molecule has 0 saturated carbocycles. The number of aliphatic hydroxyl groups excluding tert-OH is 1. The van der Waals surface area contributed by atoms with Crippen molar-refractivity contribution in [2.24, 2.45) is 0 Å². The van der Waals surface area contributed by atoms with Crippen LogP contribution < -0.4 is 0 Å². The molecule has 1 saturated heterocycles. The molecule has 5 nitrogen and oxygen atoms in total. The summed E-state index contributed by atoms with van der Waals surface area (Å²) in [5, 5.41) is 10.4. The average molecular weight is 286 g/mol. The number of hydrogen-bond acceptors (Lipinski definition) is 3. The number of hydrogen-bond donors (Lipinski definition) is 2. The second kappa shape index (κ2) is 5.33. The van der Waals surface area contributed by atoms with Crippen molar-refractivity contribution in [2.75, 3.05) is 13.1 Å². The number of aliphatic hydroxyl groups is 1. The molecule has 0 bridgehead atoms. The Bertz CT molecular complexity index is 705. The fourth-order valence-corrected chi connectivity index (χ4v) is 2.96. The van der Waals surface area contributed by atoms with E-state index in [1.807, 2.05) is 24.3 Å². The first kappa shape index (κ1) is 13.8. The number of para-hydroxylation sites is 1. The molecular weight excluding hydrogens is 268 g/mol. The monoisotopic (exact) mass is 286 g/mol. The van der Waals surface area contributed by atoms with Gasteiger partial charge in [-0.15, -0.1) is 0 Å². The first-order chi connectivity index (χ1) is 10.1. The topological polar surface area (TPSA) is 73.4 Å². The Morgan fingerprint density at radius 1 is 1.33 bits per heavy atom. The van der Waals surface area contributed by atoms with E-state index in [0.29, 0.717) is 24.2 Å². The highest BCUT2D eigenvalue weighted by atomic mass is 16.3. The number of aromatic nitrogens is 1. The molecule has 1 fully saturated rings. The summed E-state index contributed by atoms with van der Waals surface area (Å²) in [5.41, 5.74) is 1.99. The standard InChI is InChI=1S/C16H18N2O3/c1-10-14(12-6-2-3-7-13(12)17-10)15(20)16(21)18-8-4-5-11(19)9-18/h2-3,6-7,11,17,19H,4-5,8-9H2,1H3. The molecule has 0 aliphatic carbocycles. The molecule has 110 valence electrons. The molecule has 1 unspecified atom stereocenters. The Hall–Kier alpha value is -2.14. The molecule has 3 rings (SSSR count). The van der Waals surface area contributed by atoms with E-state index >= 15 is 0 Å². The molecule has 1 aliphatic rings. The van der Waals surface area contributed by atoms with Gasteiger partial charge in [-0.2, -0.15) is 0 Å². The van der Waals surface area contributed by atoms with Crippen LogP contribution in [0.2, 0.25) is 0 Å². The Labute approximate surface area is 122 Å². The number of nitrogens with zero attached hydrogens (tertiary/aromatic N) is 1. The number of piperidine rings is 1. The Morgan fingerprint density at radius 2 is 2.10 bits per heavy atom. The number of β-amino-alcohol motifs (C(OH)–C–C–N with tert-alkyl or cyclic N) is 1. The molecule has 21 heavy (non-hydrogen) atoms. The number of nitrogens with one attached hydrogen (secondary N) is 1. The molecule has 2 aromatic rings. The normalized spacial score (nSPS) is 19.0. The van der Waals surface area contributed by atoms with Crippen molar-refractivity contribution in [3.63, 3.8) is 0 Å². The molecule has 1 atom stereocenters. The van der Waals surface area contributed by atoms with Gasteiger partial charge in [0.1, 0.15) is 0 Å². The number of likely N-dealkylation sites (tertiary alicyclic amines) is 1. The van der Waals surface area contributed by atoms with Crippen molar-refractivity contribution in [3.8, 4) is 0 Å². The third-order valence-corrected chi connectivity index (χ3v) is 4.00. The van der Waals surface area contributed by atoms with Gasteiger partial charge in [0.05, 0.1) is 11.7 Å². The van der Waals surface area contributed by atoms with Crippen LogP contribution in [0.25, 0.3) is 10.9 Å². The van der Waals surface area contributed by atoms with Crippen molar-refractivity contribution in [1.82, 2.24) is 9.88 Å². The summed E-state index contributed by atoms with van der Waals surface area (Å²) in [5.74, 6) is -1.03. The van der Waals surface area contributed by atoms with Crippen LogP contribution in [0.5, 0.6) is 0 Å². The fourth-order valence-electron chi connectivity index (χ4n) is 2.96. The predicted octanol–water partition coefficient (Wildman–Crippen LogP) is 1.64. The van der Waals surface area contributed by atoms with Gasteiger partial charge >= 0.3 is 0 Å². The maximum absolute atomic E-state index is 12.6. The smallest absolute Gasteiger partial charge is 0.295 e. The Morgan fingerprint density at radius 3 is 2.86 bits per heavy atom. The number of Topliss-reactive ketones (excluding diaryl/α,β-unsaturated/α-hetero) is 1. The van der Waals surface area contributed by atoms with Crippen molar-refractivity contribution in [2.45, 2.75) is 25.9 Å². The second-order valence-electron chi connectivity index (χ2n) is 5.55. The molecule has 1 aromatic heterocycles. The molecule has 2 heterocycles. The highest BCUT2D eigenvalue weighted by Gasteiger charge is 2.30. The van der Waals surface area contributed by atoms with Gasteiger partial charge in [-0.1, -0.05) is 18.2 Å². The van der Waals surface area contributed by atoms with Crippen LogP contribution in [0.1, 0.15) is 28.9 Å². The summed E-state index contributed by atoms with van der Waals surface area (Å²) >= 11 is 0. The van der Waals surface area contributed by atoms with Gasteiger partial charge in [0.25, 0.3) is 11.7 Å². The quantitative estimate of drug-likeness (QED) is 0.651. The number of H-pyrrole nitrogens is 1. The maximum Gasteiger partial charge on any atom is 0.295 e. The number of benzene rings is 1. The average Bonchev–Trinajstić information content (AvgIpc) is 2.81. The lowest BCUT2D eigenvalue weighted by atomic mass is 10.0. The van der Waals surface area contributed by atoms with E-state index in [0.717, 1.165) is 17.3 Å². The van der Waals surface area contributed by atoms with E-state index < -0.39 is 17.8 Å². The molecule has 0 radical (unpaired) electrons. The predicted molar refractivity (Wildman–Crippen MR) is 79.2 cm³/mol. The number of aromatic amines is 1. The van der Waals surface area contributed by atoms with Crippen molar-refractivity contribution in [1.29, 1.82) is 0 Å². The Kier molecular flexibility index (Phi) is 3.51. The molecule has 1 aliphatic heterocycles. The van der Waals surface area contributed by atoms with Crippen LogP contribution in [0.3, 0.4) is 0 Å². The largest absolute Gasteiger partial charge is 0.391 e. The zero-order chi connectivity index (χ0) is 15.0. The number of fused-ring (bicyclic) bond motifs is 1. The summed E-state index contributed by atoms with van der Waals surface area (Å²) in [6.07, 6.45) is 0.886. The molecule has 2 N–H and O–H groups in total. The summed E-state index contributed by atoms with van der Waals surface area (Å²) < 4.78 is 0. The Balaban J connectivity index is 1.93. The van der Waals surface area contributed by atoms with Gasteiger partial charge in [0, 0.05) is 29.7 Å². The zero-order valence-electron chi connectivity index (χ0n) is 11.9. The minimum atomic E-state index is -0.528. The number of amides is 1. The SMILES string of the molecule is Cc1[nH]c2ccccc2c1C(=O)C(=O)N1CCCC(O)C1. The summed E-state index contributed by atoms with van der Waals surface area (Å²) in [7, 11) is 0. The minimum absolute atomic E-state index is 0.242. The van der Waals surface area contributed by atoms with Gasteiger partial charge in [0.2, 0.25) is 0 Å². The van der Waals surface area contributed by atoms with Crippen LogP contribution in [-0.4, -0.2) is 45.9 Å². The van der Waals surface area contributed by atoms with E-state index in [1.165, 1.54) is 4.90 Å². The third-order valence-electron chi connectivity index (χ3n) is 4.00. The van der Waals surface area contributed by atoms with E-state index in [-0.39, 0.29) is 6.54 Å². The van der Waals surface area contributed by atoms with Gasteiger partial charge in [-0.05, 0) is 25.8 Å². The number of rotatable bonds is 2. The molecule has 0 spiro atoms. The number of carbonyl (C=O) groups excluding carboxylic acids is 2. The van der Waals surface area contributed by atoms with Crippen LogP contribution in [0, 0.1) is 6.92 Å². The molecule has 5 heteroatoms. The van der Waals surface area contributed by atoms with Gasteiger partial charge < -0.3 is 15.0 Å². The second-order valence-corrected chi connectivity index (χ2v) is 5.55. The van der Waals surface area contributed by atoms with E-state index in [2.05, 4.69) is 4.98 Å². The van der Waals surface area contributed by atoms with Crippen LogP contribution in [0.15, 0.2) is 24.3 Å². The fraction of sp³-hybridized carbons (Fsp3) is 0.375. The van der Waals surface area contributed by atoms with Crippen molar-refractivity contribution in [3.05, 3.63) is 35.5 Å². The molecular formula is C16H18N2O3. The lowest BCUT2D eigenvalue weighted by Crippen LogP contribution is -2.45. The van der Waals surface area contributed by atoms with E-state index in [9.17, 15) is 14.7 Å². The lowest BCUT2D eigenvalue weighted by Gasteiger charge is -2.29. The number of carbonyl (C=O) groups is 2. The summed E-state index contributed by atoms with van der Waals surface area (Å²) in [6.45, 7) is 2.57. The van der Waals surface area contributed by atoms with Gasteiger partial charge in [0.15, 0.2) is 0 Å². The number of aryl methyl sites for hydroxylation is 1. The van der Waals surface area contributed by atoms with E-state index in [1.54, 1.807) is 6.92 Å². The first-order valence-corrected chi connectivity index (χ1v) is 7.17. The molecule has 1 aromatic carbocycles. The minimum Gasteiger partial charge on any atom is -0.391 e. The van der Waals surface area contributed by atoms with Gasteiger partial charge in [-0.25, -0.2) is 0 Å². The first-order valence-electron chi connectivity index (χ1n) is 7.17. The van der Waals surface area contributed by atoms with E-state index in [4.69, 9.17) is 0 Å². The lowest BCUT2D eigenvalue weighted by molar-refractivity contribution is -0.129. The van der Waals surface area contributed by atoms with Gasteiger partial charge in [-0.3, -0.25) is 9.59 Å². The highest BCUT2D eigenvalue weighted by Crippen LogP contribution is 2.23. The maximum atomic E-state index is 12.6. The zero-order valence-corrected chi connectivity index (χ0v) is 11.9. The highest BCUT2D eigenvalue weighted by molar-refractivity contribution is 6.45. The molecule has 1 amide bonds. The van der Waals surface area contributed by atoms with Crippen molar-refractivity contribution < 1.29 is 14.7 Å². The summed E-state index contributed by atoms with van der Waals surface area (Å²) in [6, 6.07) is 7.45. The van der Waals surface area contributed by atoms with Crippen LogP contribution in [-0.2, 0) is 4.79 Å². The van der Waals surface area contributed by atoms with Crippen LogP contribution in [0.4, 0.5) is 0 Å².